The Morgan fingerprint density at radius 2 is 1.68 bits per heavy atom. The van der Waals surface area contributed by atoms with E-state index >= 15 is 0 Å². The molecule has 4 rings (SSSR count). The van der Waals surface area contributed by atoms with Crippen LogP contribution in [0.4, 0.5) is 14.5 Å². The van der Waals surface area contributed by atoms with Crippen molar-refractivity contribution in [3.63, 3.8) is 0 Å². The highest BCUT2D eigenvalue weighted by Gasteiger charge is 2.20. The Morgan fingerprint density at radius 3 is 2.29 bits per heavy atom. The summed E-state index contributed by atoms with van der Waals surface area (Å²) in [5, 5.41) is 2.26. The normalized spacial score (nSPS) is 13.2. The van der Waals surface area contributed by atoms with E-state index in [0.717, 1.165) is 4.88 Å². The Labute approximate surface area is 171 Å². The summed E-state index contributed by atoms with van der Waals surface area (Å²) >= 11 is 6.22. The lowest BCUT2D eigenvalue weighted by molar-refractivity contribution is 0.426. The van der Waals surface area contributed by atoms with Gasteiger partial charge in [0.05, 0.1) is 21.3 Å². The van der Waals surface area contributed by atoms with Gasteiger partial charge in [0.25, 0.3) is 0 Å². The highest BCUT2D eigenvalue weighted by Crippen LogP contribution is 2.39. The van der Waals surface area contributed by atoms with Crippen molar-refractivity contribution in [2.24, 2.45) is 4.99 Å². The Morgan fingerprint density at radius 1 is 0.964 bits per heavy atom. The van der Waals surface area contributed by atoms with Crippen molar-refractivity contribution < 1.29 is 8.78 Å². The van der Waals surface area contributed by atoms with Gasteiger partial charge in [-0.05, 0) is 72.9 Å². The number of halogens is 2. The first-order valence-electron chi connectivity index (χ1n) is 8.93. The van der Waals surface area contributed by atoms with E-state index in [9.17, 15) is 8.78 Å². The topological polar surface area (TPSA) is 12.4 Å². The minimum atomic E-state index is -0.642. The third kappa shape index (κ3) is 3.95. The van der Waals surface area contributed by atoms with E-state index in [1.54, 1.807) is 35.6 Å². The van der Waals surface area contributed by atoms with Crippen LogP contribution in [0.25, 0.3) is 11.1 Å². The van der Waals surface area contributed by atoms with Crippen LogP contribution in [-0.4, -0.2) is 5.16 Å². The first-order chi connectivity index (χ1) is 13.6. The molecule has 1 heterocycles. The van der Waals surface area contributed by atoms with E-state index in [1.165, 1.54) is 36.3 Å². The number of benzene rings is 2. The number of nitrogens with zero attached hydrogens (tertiary/aromatic N) is 1. The Bertz CT molecular complexity index is 1100. The summed E-state index contributed by atoms with van der Waals surface area (Å²) in [4.78, 5) is 6.10. The van der Waals surface area contributed by atoms with Crippen LogP contribution in [0.5, 0.6) is 0 Å². The van der Waals surface area contributed by atoms with Crippen LogP contribution in [0.1, 0.15) is 40.5 Å². The zero-order chi connectivity index (χ0) is 19.5. The van der Waals surface area contributed by atoms with E-state index in [2.05, 4.69) is 40.3 Å². The van der Waals surface area contributed by atoms with E-state index in [1.807, 2.05) is 6.07 Å². The second-order valence-electron chi connectivity index (χ2n) is 6.64. The van der Waals surface area contributed by atoms with Crippen molar-refractivity contribution in [1.29, 1.82) is 0 Å². The lowest BCUT2D eigenvalue weighted by Gasteiger charge is -2.23. The third-order valence-electron chi connectivity index (χ3n) is 4.84. The first-order valence-corrected chi connectivity index (χ1v) is 10.2. The molecular weight excluding hydrogens is 392 g/mol. The van der Waals surface area contributed by atoms with E-state index in [0.29, 0.717) is 22.7 Å². The second-order valence-corrected chi connectivity index (χ2v) is 7.94. The summed E-state index contributed by atoms with van der Waals surface area (Å²) in [6, 6.07) is 13.1. The molecule has 5 heteroatoms. The Balaban J connectivity index is 1.59. The number of rotatable bonds is 3. The zero-order valence-corrected chi connectivity index (χ0v) is 16.5. The predicted octanol–water partition coefficient (Wildman–Crippen LogP) is 7.09. The van der Waals surface area contributed by atoms with Crippen LogP contribution in [0.15, 0.2) is 53.5 Å². The molecule has 2 aromatic carbocycles. The van der Waals surface area contributed by atoms with E-state index in [4.69, 9.17) is 0 Å². The highest BCUT2D eigenvalue weighted by molar-refractivity contribution is 7.78. The minimum absolute atomic E-state index is 0.0770. The van der Waals surface area contributed by atoms with Gasteiger partial charge in [-0.2, -0.15) is 4.99 Å². The molecule has 0 saturated heterocycles. The quantitative estimate of drug-likeness (QED) is 0.256. The lowest BCUT2D eigenvalue weighted by Crippen LogP contribution is -2.06. The predicted molar refractivity (Wildman–Crippen MR) is 113 cm³/mol. The van der Waals surface area contributed by atoms with Crippen molar-refractivity contribution in [3.8, 4) is 23.0 Å². The van der Waals surface area contributed by atoms with Gasteiger partial charge in [-0.25, -0.2) is 8.78 Å². The molecule has 1 aromatic heterocycles. The van der Waals surface area contributed by atoms with Crippen molar-refractivity contribution in [1.82, 2.24) is 0 Å². The summed E-state index contributed by atoms with van der Waals surface area (Å²) in [5.74, 6) is 5.29. The Hall–Kier alpha value is -2.64. The fourth-order valence-electron chi connectivity index (χ4n) is 3.14. The number of hydrogen-bond acceptors (Lipinski definition) is 3. The smallest absolute Gasteiger partial charge is 0.135 e. The zero-order valence-electron chi connectivity index (χ0n) is 14.8. The number of hydrogen-bond donors (Lipinski definition) is 0. The summed E-state index contributed by atoms with van der Waals surface area (Å²) in [7, 11) is 0. The fraction of sp³-hybridized carbons (Fsp3) is 0.174. The summed E-state index contributed by atoms with van der Waals surface area (Å²) in [6.07, 6.45) is 3.77. The second kappa shape index (κ2) is 8.16. The SMILES string of the molecule is Fc1cc(C#Cc2ccc(C3CCC3)s2)cc(F)c1-c1ccc(N=C=S)cc1. The molecule has 0 unspecified atom stereocenters. The molecule has 138 valence electrons. The van der Waals surface area contributed by atoms with Crippen LogP contribution < -0.4 is 0 Å². The molecule has 0 N–H and O–H groups in total. The minimum Gasteiger partial charge on any atom is -0.206 e. The van der Waals surface area contributed by atoms with Crippen LogP contribution >= 0.6 is 23.6 Å². The number of isothiocyanates is 1. The van der Waals surface area contributed by atoms with Crippen molar-refractivity contribution >= 4 is 34.4 Å². The molecule has 1 aliphatic rings. The van der Waals surface area contributed by atoms with Gasteiger partial charge in [0.2, 0.25) is 0 Å². The molecule has 0 aliphatic heterocycles. The van der Waals surface area contributed by atoms with Crippen molar-refractivity contribution in [2.45, 2.75) is 25.2 Å². The van der Waals surface area contributed by atoms with Gasteiger partial charge in [-0.15, -0.1) is 11.3 Å². The summed E-state index contributed by atoms with van der Waals surface area (Å²) in [5.41, 5.74) is 1.26. The van der Waals surface area contributed by atoms with Gasteiger partial charge >= 0.3 is 0 Å². The number of thiophene rings is 1. The molecule has 0 spiro atoms. The fourth-order valence-corrected chi connectivity index (χ4v) is 4.28. The summed E-state index contributed by atoms with van der Waals surface area (Å²) in [6.45, 7) is 0. The molecular formula is C23H15F2NS2. The van der Waals surface area contributed by atoms with Crippen LogP contribution in [-0.2, 0) is 0 Å². The van der Waals surface area contributed by atoms with Gasteiger partial charge in [0.1, 0.15) is 11.6 Å². The van der Waals surface area contributed by atoms with Gasteiger partial charge in [0.15, 0.2) is 0 Å². The molecule has 0 radical (unpaired) electrons. The van der Waals surface area contributed by atoms with Crippen LogP contribution in [0.3, 0.4) is 0 Å². The molecule has 1 aliphatic carbocycles. The molecule has 1 saturated carbocycles. The van der Waals surface area contributed by atoms with Gasteiger partial charge in [0, 0.05) is 10.4 Å². The average Bonchev–Trinajstić information content (AvgIpc) is 3.08. The molecule has 0 bridgehead atoms. The van der Waals surface area contributed by atoms with Gasteiger partial charge in [-0.3, -0.25) is 0 Å². The first kappa shape index (κ1) is 18.7. The molecule has 1 nitrogen and oxygen atoms in total. The standard InChI is InChI=1S/C23H15F2NS2/c24-20-12-15(4-9-19-10-11-22(28-19)16-2-1-3-16)13-21(25)23(20)17-5-7-18(8-6-17)26-14-27/h5-8,10-13,16H,1-3H2. The number of thiocarbonyl (C=S) groups is 1. The monoisotopic (exact) mass is 407 g/mol. The van der Waals surface area contributed by atoms with Gasteiger partial charge < -0.3 is 0 Å². The van der Waals surface area contributed by atoms with Crippen LogP contribution in [0, 0.1) is 23.5 Å². The largest absolute Gasteiger partial charge is 0.206 e. The van der Waals surface area contributed by atoms with E-state index in [-0.39, 0.29) is 5.56 Å². The molecule has 0 amide bonds. The average molecular weight is 408 g/mol. The van der Waals surface area contributed by atoms with Crippen LogP contribution in [0.2, 0.25) is 0 Å². The van der Waals surface area contributed by atoms with Crippen molar-refractivity contribution in [2.75, 3.05) is 0 Å². The third-order valence-corrected chi connectivity index (χ3v) is 6.09. The maximum atomic E-state index is 14.6. The van der Waals surface area contributed by atoms with Crippen molar-refractivity contribution in [3.05, 3.63) is 75.5 Å². The summed E-state index contributed by atoms with van der Waals surface area (Å²) < 4.78 is 29.2. The number of aliphatic imine (C=N–C) groups is 1. The molecule has 1 fully saturated rings. The highest BCUT2D eigenvalue weighted by atomic mass is 32.1. The maximum Gasteiger partial charge on any atom is 0.135 e. The van der Waals surface area contributed by atoms with Gasteiger partial charge in [-0.1, -0.05) is 30.4 Å². The molecule has 3 aromatic rings. The van der Waals surface area contributed by atoms with E-state index < -0.39 is 11.6 Å². The maximum absolute atomic E-state index is 14.6. The lowest BCUT2D eigenvalue weighted by atomic mass is 9.84. The molecule has 0 atom stereocenters. The molecule has 28 heavy (non-hydrogen) atoms. The Kier molecular flexibility index (Phi) is 5.45.